The number of nitrogens with one attached hydrogen (secondary N) is 3. The molecule has 16 heavy (non-hydrogen) atoms. The van der Waals surface area contributed by atoms with E-state index in [2.05, 4.69) is 20.8 Å². The van der Waals surface area contributed by atoms with Gasteiger partial charge in [0.1, 0.15) is 0 Å². The second-order valence-electron chi connectivity index (χ2n) is 3.75. The number of aryl methyl sites for hydroxylation is 1. The molecule has 0 saturated heterocycles. The maximum absolute atomic E-state index is 11.2. The fraction of sp³-hybridized carbons (Fsp3) is 0.600. The molecule has 1 atom stereocenters. The SMILES string of the molecule is CNCC(=O)NC(C)Cc1cc(C)[nH]n1.Cl. The Balaban J connectivity index is 0.00000225. The van der Waals surface area contributed by atoms with Gasteiger partial charge in [-0.25, -0.2) is 0 Å². The highest BCUT2D eigenvalue weighted by atomic mass is 35.5. The number of likely N-dealkylation sites (N-methyl/N-ethyl adjacent to an activating group) is 1. The van der Waals surface area contributed by atoms with Crippen molar-refractivity contribution in [3.8, 4) is 0 Å². The summed E-state index contributed by atoms with van der Waals surface area (Å²) in [6.45, 7) is 4.28. The Kier molecular flexibility index (Phi) is 6.76. The van der Waals surface area contributed by atoms with E-state index in [4.69, 9.17) is 0 Å². The molecule has 0 saturated carbocycles. The number of aromatic nitrogens is 2. The van der Waals surface area contributed by atoms with E-state index >= 15 is 0 Å². The normalized spacial score (nSPS) is 11.7. The highest BCUT2D eigenvalue weighted by Crippen LogP contribution is 2.01. The fourth-order valence-corrected chi connectivity index (χ4v) is 1.43. The van der Waals surface area contributed by atoms with Gasteiger partial charge in [0.25, 0.3) is 0 Å². The molecule has 0 aliphatic carbocycles. The molecule has 1 aromatic heterocycles. The molecule has 1 unspecified atom stereocenters. The first kappa shape index (κ1) is 14.9. The molecule has 6 heteroatoms. The molecule has 1 aromatic rings. The van der Waals surface area contributed by atoms with Crippen LogP contribution in [0.15, 0.2) is 6.07 Å². The van der Waals surface area contributed by atoms with Gasteiger partial charge in [-0.1, -0.05) is 0 Å². The van der Waals surface area contributed by atoms with E-state index in [-0.39, 0.29) is 24.4 Å². The summed E-state index contributed by atoms with van der Waals surface area (Å²) in [5.41, 5.74) is 2.02. The molecule has 0 aromatic carbocycles. The third-order valence-corrected chi connectivity index (χ3v) is 2.02. The van der Waals surface area contributed by atoms with Gasteiger partial charge in [-0.3, -0.25) is 9.89 Å². The zero-order chi connectivity index (χ0) is 11.3. The van der Waals surface area contributed by atoms with Crippen molar-refractivity contribution in [3.05, 3.63) is 17.5 Å². The zero-order valence-electron chi connectivity index (χ0n) is 9.83. The van der Waals surface area contributed by atoms with E-state index < -0.39 is 0 Å². The minimum atomic E-state index is 0. The van der Waals surface area contributed by atoms with Crippen LogP contribution < -0.4 is 10.6 Å². The van der Waals surface area contributed by atoms with E-state index in [9.17, 15) is 4.79 Å². The Bertz CT molecular complexity index is 326. The summed E-state index contributed by atoms with van der Waals surface area (Å²) in [4.78, 5) is 11.2. The number of hydrogen-bond donors (Lipinski definition) is 3. The quantitative estimate of drug-likeness (QED) is 0.705. The molecule has 0 fully saturated rings. The van der Waals surface area contributed by atoms with Gasteiger partial charge in [-0.05, 0) is 27.0 Å². The van der Waals surface area contributed by atoms with E-state index in [1.54, 1.807) is 7.05 Å². The number of aromatic amines is 1. The van der Waals surface area contributed by atoms with Gasteiger partial charge in [0.15, 0.2) is 0 Å². The largest absolute Gasteiger partial charge is 0.352 e. The van der Waals surface area contributed by atoms with E-state index in [1.807, 2.05) is 19.9 Å². The van der Waals surface area contributed by atoms with Gasteiger partial charge in [-0.15, -0.1) is 12.4 Å². The molecule has 0 radical (unpaired) electrons. The molecule has 0 aliphatic heterocycles. The molecule has 0 bridgehead atoms. The Morgan fingerprint density at radius 1 is 1.62 bits per heavy atom. The Morgan fingerprint density at radius 3 is 2.81 bits per heavy atom. The second kappa shape index (κ2) is 7.24. The van der Waals surface area contributed by atoms with Crippen molar-refractivity contribution < 1.29 is 4.79 Å². The molecule has 0 spiro atoms. The molecular formula is C10H19ClN4O. The summed E-state index contributed by atoms with van der Waals surface area (Å²) in [5.74, 6) is 0.0113. The standard InChI is InChI=1S/C10H18N4O.ClH/c1-7(12-10(15)6-11-3)4-9-5-8(2)13-14-9;/h5,7,11H,4,6H2,1-3H3,(H,12,15)(H,13,14);1H. The predicted octanol–water partition coefficient (Wildman–Crippen LogP) is 0.407. The number of nitrogens with zero attached hydrogens (tertiary/aromatic N) is 1. The molecule has 1 heterocycles. The highest BCUT2D eigenvalue weighted by Gasteiger charge is 2.08. The Labute approximate surface area is 102 Å². The monoisotopic (exact) mass is 246 g/mol. The van der Waals surface area contributed by atoms with Crippen molar-refractivity contribution in [2.45, 2.75) is 26.3 Å². The molecule has 0 aliphatic rings. The molecule has 1 rings (SSSR count). The minimum Gasteiger partial charge on any atom is -0.352 e. The minimum absolute atomic E-state index is 0. The van der Waals surface area contributed by atoms with Crippen LogP contribution in [0.5, 0.6) is 0 Å². The summed E-state index contributed by atoms with van der Waals surface area (Å²) < 4.78 is 0. The van der Waals surface area contributed by atoms with E-state index in [0.717, 1.165) is 17.8 Å². The molecule has 3 N–H and O–H groups in total. The molecule has 1 amide bonds. The Hall–Kier alpha value is -1.07. The lowest BCUT2D eigenvalue weighted by molar-refractivity contribution is -0.120. The first-order chi connectivity index (χ1) is 7.11. The van der Waals surface area contributed by atoms with Crippen LogP contribution in [0.4, 0.5) is 0 Å². The Morgan fingerprint density at radius 2 is 2.31 bits per heavy atom. The van der Waals surface area contributed by atoms with Gasteiger partial charge < -0.3 is 10.6 Å². The lowest BCUT2D eigenvalue weighted by Gasteiger charge is -2.11. The van der Waals surface area contributed by atoms with Crippen LogP contribution in [-0.2, 0) is 11.2 Å². The summed E-state index contributed by atoms with van der Waals surface area (Å²) in [6.07, 6.45) is 0.750. The molecule has 5 nitrogen and oxygen atoms in total. The first-order valence-corrected chi connectivity index (χ1v) is 5.06. The number of halogens is 1. The number of carbonyl (C=O) groups is 1. The van der Waals surface area contributed by atoms with Crippen molar-refractivity contribution in [2.24, 2.45) is 0 Å². The van der Waals surface area contributed by atoms with Crippen LogP contribution >= 0.6 is 12.4 Å². The topological polar surface area (TPSA) is 69.8 Å². The van der Waals surface area contributed by atoms with Crippen LogP contribution in [0, 0.1) is 6.92 Å². The van der Waals surface area contributed by atoms with Crippen molar-refractivity contribution in [3.63, 3.8) is 0 Å². The van der Waals surface area contributed by atoms with Crippen molar-refractivity contribution in [1.82, 2.24) is 20.8 Å². The smallest absolute Gasteiger partial charge is 0.234 e. The second-order valence-corrected chi connectivity index (χ2v) is 3.75. The number of rotatable bonds is 5. The van der Waals surface area contributed by atoms with Crippen molar-refractivity contribution in [1.29, 1.82) is 0 Å². The maximum atomic E-state index is 11.2. The van der Waals surface area contributed by atoms with Crippen LogP contribution in [-0.4, -0.2) is 35.7 Å². The maximum Gasteiger partial charge on any atom is 0.234 e. The van der Waals surface area contributed by atoms with Crippen LogP contribution in [0.1, 0.15) is 18.3 Å². The predicted molar refractivity (Wildman–Crippen MR) is 65.8 cm³/mol. The summed E-state index contributed by atoms with van der Waals surface area (Å²) >= 11 is 0. The van der Waals surface area contributed by atoms with Gasteiger partial charge in [0, 0.05) is 18.2 Å². The van der Waals surface area contributed by atoms with Gasteiger partial charge in [0.2, 0.25) is 5.91 Å². The summed E-state index contributed by atoms with van der Waals surface area (Å²) in [7, 11) is 1.75. The average molecular weight is 247 g/mol. The van der Waals surface area contributed by atoms with Crippen LogP contribution in [0.3, 0.4) is 0 Å². The number of amides is 1. The van der Waals surface area contributed by atoms with Gasteiger partial charge >= 0.3 is 0 Å². The third kappa shape index (κ3) is 5.14. The average Bonchev–Trinajstić information content (AvgIpc) is 2.51. The number of carbonyl (C=O) groups excluding carboxylic acids is 1. The zero-order valence-corrected chi connectivity index (χ0v) is 10.6. The molecular weight excluding hydrogens is 228 g/mol. The van der Waals surface area contributed by atoms with Gasteiger partial charge in [-0.2, -0.15) is 5.10 Å². The number of hydrogen-bond acceptors (Lipinski definition) is 3. The van der Waals surface area contributed by atoms with E-state index in [0.29, 0.717) is 6.54 Å². The third-order valence-electron chi connectivity index (χ3n) is 2.02. The lowest BCUT2D eigenvalue weighted by Crippen LogP contribution is -2.39. The van der Waals surface area contributed by atoms with E-state index in [1.165, 1.54) is 0 Å². The highest BCUT2D eigenvalue weighted by molar-refractivity contribution is 5.85. The lowest BCUT2D eigenvalue weighted by atomic mass is 10.2. The van der Waals surface area contributed by atoms with Gasteiger partial charge in [0.05, 0.1) is 12.2 Å². The van der Waals surface area contributed by atoms with Crippen molar-refractivity contribution >= 4 is 18.3 Å². The fourth-order valence-electron chi connectivity index (χ4n) is 1.43. The number of H-pyrrole nitrogens is 1. The first-order valence-electron chi connectivity index (χ1n) is 5.06. The van der Waals surface area contributed by atoms with Crippen molar-refractivity contribution in [2.75, 3.05) is 13.6 Å². The summed E-state index contributed by atoms with van der Waals surface area (Å²) in [6, 6.07) is 2.09. The molecule has 92 valence electrons. The van der Waals surface area contributed by atoms with Crippen LogP contribution in [0.2, 0.25) is 0 Å². The summed E-state index contributed by atoms with van der Waals surface area (Å²) in [5, 5.41) is 12.7. The van der Waals surface area contributed by atoms with Crippen LogP contribution in [0.25, 0.3) is 0 Å².